The standard InChI is InChI=1S/2C10H15N.6C9H14N2/c2*1-8-5-6-9(11-7-8)10(2,3)4;2*1-7-5-11-8(6-10-7)9(2,3)4;4*1-7-5-10-8(11-6-7)9(2,3)4/h2*5-7H,1-4H3;6*5-6H,1-4H3. The predicted molar refractivity (Wildman–Crippen MR) is 368 cm³/mol. The van der Waals surface area contributed by atoms with Crippen molar-refractivity contribution >= 4 is 0 Å². The van der Waals surface area contributed by atoms with E-state index in [0.29, 0.717) is 0 Å². The molecule has 0 aliphatic rings. The number of hydrogen-bond acceptors (Lipinski definition) is 14. The Morgan fingerprint density at radius 1 is 0.170 bits per heavy atom. The van der Waals surface area contributed by atoms with Crippen LogP contribution in [0.15, 0.2) is 111 Å². The Balaban J connectivity index is 0.000000503. The first-order valence-corrected chi connectivity index (χ1v) is 30.6. The van der Waals surface area contributed by atoms with Crippen LogP contribution in [0.3, 0.4) is 0 Å². The second-order valence-electron chi connectivity index (χ2n) is 30.9. The Labute approximate surface area is 534 Å². The molecule has 0 fully saturated rings. The summed E-state index contributed by atoms with van der Waals surface area (Å²) in [5, 5.41) is 0. The summed E-state index contributed by atoms with van der Waals surface area (Å²) in [6.07, 6.45) is 26.0. The Morgan fingerprint density at radius 3 is 0.489 bits per heavy atom. The first kappa shape index (κ1) is 78.8. The van der Waals surface area contributed by atoms with Gasteiger partial charge in [-0.1, -0.05) is 178 Å². The van der Waals surface area contributed by atoms with Crippen molar-refractivity contribution in [1.29, 1.82) is 0 Å². The molecule has 8 aromatic rings. The Morgan fingerprint density at radius 2 is 0.352 bits per heavy atom. The first-order chi connectivity index (χ1) is 40.0. The zero-order valence-electron chi connectivity index (χ0n) is 60.7. The summed E-state index contributed by atoms with van der Waals surface area (Å²) in [6, 6.07) is 8.39. The van der Waals surface area contributed by atoms with Gasteiger partial charge in [-0.3, -0.25) is 29.9 Å². The van der Waals surface area contributed by atoms with Crippen LogP contribution < -0.4 is 0 Å². The molecule has 8 rings (SSSR count). The maximum atomic E-state index is 4.35. The fraction of sp³-hybridized carbons (Fsp3) is 0.541. The number of aryl methyl sites for hydroxylation is 8. The van der Waals surface area contributed by atoms with Gasteiger partial charge in [-0.25, -0.2) is 39.9 Å². The van der Waals surface area contributed by atoms with Crippen molar-refractivity contribution in [2.24, 2.45) is 0 Å². The molecule has 0 N–H and O–H groups in total. The second-order valence-corrected chi connectivity index (χ2v) is 30.9. The quantitative estimate of drug-likeness (QED) is 0.140. The zero-order valence-corrected chi connectivity index (χ0v) is 60.7. The molecule has 480 valence electrons. The molecular formula is C74H114N14. The van der Waals surface area contributed by atoms with Crippen LogP contribution in [0.25, 0.3) is 0 Å². The molecule has 8 heterocycles. The van der Waals surface area contributed by atoms with Gasteiger partial charge in [0.1, 0.15) is 23.3 Å². The van der Waals surface area contributed by atoms with Crippen LogP contribution in [0.4, 0.5) is 0 Å². The normalized spacial score (nSPS) is 11.6. The molecule has 0 unspecified atom stereocenters. The third kappa shape index (κ3) is 32.7. The largest absolute Gasteiger partial charge is 0.260 e. The molecule has 0 saturated heterocycles. The van der Waals surface area contributed by atoms with E-state index in [9.17, 15) is 0 Å². The molecule has 14 heteroatoms. The van der Waals surface area contributed by atoms with E-state index in [0.717, 1.165) is 79.7 Å². The second kappa shape index (κ2) is 33.9. The van der Waals surface area contributed by atoms with Crippen molar-refractivity contribution in [3.63, 3.8) is 0 Å². The first-order valence-electron chi connectivity index (χ1n) is 30.6. The average molecular weight is 1200 g/mol. The highest BCUT2D eigenvalue weighted by molar-refractivity contribution is 5.19. The summed E-state index contributed by atoms with van der Waals surface area (Å²) in [4.78, 5) is 59.5. The van der Waals surface area contributed by atoms with Crippen molar-refractivity contribution in [1.82, 2.24) is 69.8 Å². The maximum absolute atomic E-state index is 4.35. The van der Waals surface area contributed by atoms with Gasteiger partial charge in [0.15, 0.2) is 0 Å². The highest BCUT2D eigenvalue weighted by atomic mass is 14.9. The number of aromatic nitrogens is 14. The minimum atomic E-state index is 0.0632. The fourth-order valence-electron chi connectivity index (χ4n) is 6.50. The van der Waals surface area contributed by atoms with Gasteiger partial charge in [0.25, 0.3) is 0 Å². The molecule has 0 aliphatic heterocycles. The minimum Gasteiger partial charge on any atom is -0.260 e. The number of hydrogen-bond donors (Lipinski definition) is 0. The molecule has 88 heavy (non-hydrogen) atoms. The van der Waals surface area contributed by atoms with Crippen LogP contribution >= 0.6 is 0 Å². The number of nitrogens with zero attached hydrogens (tertiary/aromatic N) is 14. The highest BCUT2D eigenvalue weighted by Gasteiger charge is 2.20. The van der Waals surface area contributed by atoms with Crippen LogP contribution in [0.5, 0.6) is 0 Å². The molecule has 0 atom stereocenters. The van der Waals surface area contributed by atoms with Gasteiger partial charge in [-0.05, 0) is 101 Å². The third-order valence-electron chi connectivity index (χ3n) is 12.3. The highest BCUT2D eigenvalue weighted by Crippen LogP contribution is 2.23. The summed E-state index contributed by atoms with van der Waals surface area (Å²) in [7, 11) is 0. The van der Waals surface area contributed by atoms with Crippen molar-refractivity contribution in [3.8, 4) is 0 Å². The summed E-state index contributed by atoms with van der Waals surface area (Å²) in [5.41, 5.74) is 14.0. The van der Waals surface area contributed by atoms with Crippen LogP contribution in [0.2, 0.25) is 0 Å². The average Bonchev–Trinajstić information content (AvgIpc) is 3.61. The topological polar surface area (TPSA) is 180 Å². The molecule has 0 spiro atoms. The molecule has 0 radical (unpaired) electrons. The molecule has 0 aromatic carbocycles. The zero-order chi connectivity index (χ0) is 67.9. The molecule has 8 aromatic heterocycles. The van der Waals surface area contributed by atoms with Crippen LogP contribution in [0, 0.1) is 55.4 Å². The van der Waals surface area contributed by atoms with Gasteiger partial charge in [0.05, 0.1) is 22.8 Å². The molecule has 0 saturated carbocycles. The van der Waals surface area contributed by atoms with E-state index in [1.54, 1.807) is 12.4 Å². The third-order valence-corrected chi connectivity index (χ3v) is 12.3. The van der Waals surface area contributed by atoms with Crippen LogP contribution in [0.1, 0.15) is 257 Å². The lowest BCUT2D eigenvalue weighted by Gasteiger charge is -2.17. The van der Waals surface area contributed by atoms with E-state index >= 15 is 0 Å². The molecule has 14 nitrogen and oxygen atoms in total. The lowest BCUT2D eigenvalue weighted by molar-refractivity contribution is 0.544. The van der Waals surface area contributed by atoms with Gasteiger partial charge < -0.3 is 0 Å². The molecule has 0 amide bonds. The number of pyridine rings is 2. The minimum absolute atomic E-state index is 0.0632. The maximum Gasteiger partial charge on any atom is 0.133 e. The van der Waals surface area contributed by atoms with Gasteiger partial charge >= 0.3 is 0 Å². The van der Waals surface area contributed by atoms with E-state index in [1.807, 2.05) is 116 Å². The SMILES string of the molecule is Cc1ccc(C(C)(C)C)nc1.Cc1ccc(C(C)(C)C)nc1.Cc1cnc(C(C)(C)C)cn1.Cc1cnc(C(C)(C)C)cn1.Cc1cnc(C(C)(C)C)nc1.Cc1cnc(C(C)(C)C)nc1.Cc1cnc(C(C)(C)C)nc1.Cc1cnc(C(C)(C)C)nc1. The van der Waals surface area contributed by atoms with Gasteiger partial charge in [0.2, 0.25) is 0 Å². The van der Waals surface area contributed by atoms with E-state index < -0.39 is 0 Å². The Hall–Kier alpha value is -7.22. The van der Waals surface area contributed by atoms with Crippen LogP contribution in [-0.4, -0.2) is 69.8 Å². The Bertz CT molecular complexity index is 2510. The van der Waals surface area contributed by atoms with Crippen molar-refractivity contribution in [2.45, 2.75) is 265 Å². The van der Waals surface area contributed by atoms with Gasteiger partial charge in [-0.15, -0.1) is 0 Å². The molecule has 0 bridgehead atoms. The smallest absolute Gasteiger partial charge is 0.133 e. The predicted octanol–water partition coefficient (Wildman–Crippen LogP) is 17.9. The van der Waals surface area contributed by atoms with Gasteiger partial charge in [-0.2, -0.15) is 0 Å². The monoisotopic (exact) mass is 1200 g/mol. The molecule has 0 aliphatic carbocycles. The molecular weight excluding hydrogens is 1080 g/mol. The van der Waals surface area contributed by atoms with Crippen molar-refractivity contribution < 1.29 is 0 Å². The fourth-order valence-corrected chi connectivity index (χ4v) is 6.50. The lowest BCUT2D eigenvalue weighted by atomic mass is 9.91. The van der Waals surface area contributed by atoms with E-state index in [1.165, 1.54) is 11.1 Å². The van der Waals surface area contributed by atoms with E-state index in [2.05, 4.69) is 274 Å². The van der Waals surface area contributed by atoms with E-state index in [4.69, 9.17) is 0 Å². The lowest BCUT2D eigenvalue weighted by Crippen LogP contribution is -2.15. The summed E-state index contributed by atoms with van der Waals surface area (Å²) in [5.74, 6) is 3.62. The van der Waals surface area contributed by atoms with Crippen LogP contribution in [-0.2, 0) is 43.3 Å². The summed E-state index contributed by atoms with van der Waals surface area (Å²) in [6.45, 7) is 67.1. The van der Waals surface area contributed by atoms with Crippen molar-refractivity contribution in [2.75, 3.05) is 0 Å². The number of rotatable bonds is 0. The van der Waals surface area contributed by atoms with Gasteiger partial charge in [0, 0.05) is 141 Å². The summed E-state index contributed by atoms with van der Waals surface area (Å²) >= 11 is 0. The Kier molecular flexibility index (Phi) is 30.4. The van der Waals surface area contributed by atoms with E-state index in [-0.39, 0.29) is 43.3 Å². The van der Waals surface area contributed by atoms with Crippen molar-refractivity contribution in [3.05, 3.63) is 202 Å². The summed E-state index contributed by atoms with van der Waals surface area (Å²) < 4.78 is 0.